The van der Waals surface area contributed by atoms with Crippen LogP contribution in [0, 0.1) is 0 Å². The van der Waals surface area contributed by atoms with Gasteiger partial charge in [-0.15, -0.1) is 0 Å². The summed E-state index contributed by atoms with van der Waals surface area (Å²) in [6.07, 6.45) is 0. The second kappa shape index (κ2) is 14.1. The van der Waals surface area contributed by atoms with Gasteiger partial charge in [-0.1, -0.05) is 152 Å². The lowest BCUT2D eigenvalue weighted by molar-refractivity contribution is 0.581. The largest absolute Gasteiger partial charge is 0.420 e. The Morgan fingerprint density at radius 2 is 0.857 bits per heavy atom. The Morgan fingerprint density at radius 1 is 0.381 bits per heavy atom. The fourth-order valence-corrected chi connectivity index (χ4v) is 9.99. The number of anilines is 6. The van der Waals surface area contributed by atoms with Crippen LogP contribution >= 0.6 is 0 Å². The maximum Gasteiger partial charge on any atom is 0.279 e. The summed E-state index contributed by atoms with van der Waals surface area (Å²) in [7, 11) is 0. The molecule has 0 unspecified atom stereocenters. The number of rotatable bonds is 6. The second-order valence-electron chi connectivity index (χ2n) is 16.3. The number of nitrogens with zero attached hydrogens (tertiary/aromatic N) is 4. The first-order chi connectivity index (χ1) is 31.3. The molecule has 0 aliphatic carbocycles. The minimum absolute atomic E-state index is 0.200. The van der Waals surface area contributed by atoms with Gasteiger partial charge in [0.25, 0.3) is 6.71 Å². The standard InChI is InChI=1S/C57H37BN4O/c1-4-15-38(16-5-1)40-27-31-43(32-28-40)60-51-25-14-26-52-54(51)58(48-36-35-45(37-53(48)60)61-49-23-12-10-21-46(49)47-22-11-13-24-50(47)61)55-57(63-56(59-55)42-19-8-3-9-20-42)62(52)44-33-29-41(30-34-44)39-17-6-2-7-18-39/h1-37H. The maximum absolute atomic E-state index is 6.98. The molecule has 5 nitrogen and oxygen atoms in total. The van der Waals surface area contributed by atoms with Crippen LogP contribution in [0.1, 0.15) is 0 Å². The summed E-state index contributed by atoms with van der Waals surface area (Å²) in [4.78, 5) is 10.2. The average Bonchev–Trinajstić information content (AvgIpc) is 3.95. The molecule has 13 rings (SSSR count). The van der Waals surface area contributed by atoms with E-state index in [1.54, 1.807) is 0 Å². The number of benzene rings is 9. The summed E-state index contributed by atoms with van der Waals surface area (Å²) >= 11 is 0. The predicted molar refractivity (Wildman–Crippen MR) is 261 cm³/mol. The van der Waals surface area contributed by atoms with Crippen molar-refractivity contribution in [3.05, 3.63) is 224 Å². The Balaban J connectivity index is 1.06. The van der Waals surface area contributed by atoms with Crippen LogP contribution in [0.25, 0.3) is 61.2 Å². The molecule has 0 spiro atoms. The summed E-state index contributed by atoms with van der Waals surface area (Å²) in [6.45, 7) is -0.200. The number of para-hydroxylation sites is 2. The summed E-state index contributed by atoms with van der Waals surface area (Å²) in [5, 5.41) is 2.47. The Morgan fingerprint density at radius 3 is 1.44 bits per heavy atom. The Kier molecular flexibility index (Phi) is 7.94. The maximum atomic E-state index is 6.98. The highest BCUT2D eigenvalue weighted by atomic mass is 16.4. The van der Waals surface area contributed by atoms with E-state index in [1.807, 2.05) is 18.2 Å². The van der Waals surface area contributed by atoms with E-state index in [9.17, 15) is 0 Å². The second-order valence-corrected chi connectivity index (χ2v) is 16.3. The number of hydrogen-bond donors (Lipinski definition) is 0. The normalized spacial score (nSPS) is 12.7. The Labute approximate surface area is 365 Å². The van der Waals surface area contributed by atoms with Crippen molar-refractivity contribution < 1.29 is 4.42 Å². The van der Waals surface area contributed by atoms with Gasteiger partial charge in [-0.05, 0) is 106 Å². The van der Waals surface area contributed by atoms with E-state index >= 15 is 0 Å². The molecule has 6 heteroatoms. The van der Waals surface area contributed by atoms with Crippen molar-refractivity contribution in [2.75, 3.05) is 9.80 Å². The summed E-state index contributed by atoms with van der Waals surface area (Å²) in [5.41, 5.74) is 17.7. The molecule has 0 radical (unpaired) electrons. The molecular weight excluding hydrogens is 767 g/mol. The molecule has 0 fully saturated rings. The molecule has 11 aromatic rings. The van der Waals surface area contributed by atoms with Crippen LogP contribution in [-0.4, -0.2) is 16.3 Å². The molecule has 63 heavy (non-hydrogen) atoms. The summed E-state index contributed by atoms with van der Waals surface area (Å²) in [5.74, 6) is 1.33. The van der Waals surface area contributed by atoms with Crippen LogP contribution < -0.4 is 26.3 Å². The molecule has 4 heterocycles. The number of fused-ring (bicyclic) bond motifs is 7. The van der Waals surface area contributed by atoms with Crippen molar-refractivity contribution in [3.8, 4) is 39.4 Å². The van der Waals surface area contributed by atoms with Gasteiger partial charge in [0, 0.05) is 50.5 Å². The third kappa shape index (κ3) is 5.55. The van der Waals surface area contributed by atoms with Gasteiger partial charge in [-0.25, -0.2) is 4.98 Å². The van der Waals surface area contributed by atoms with Crippen molar-refractivity contribution in [1.29, 1.82) is 0 Å². The molecule has 0 N–H and O–H groups in total. The van der Waals surface area contributed by atoms with E-state index < -0.39 is 0 Å². The van der Waals surface area contributed by atoms with E-state index in [1.165, 1.54) is 49.4 Å². The molecule has 294 valence electrons. The molecule has 0 atom stereocenters. The van der Waals surface area contributed by atoms with E-state index in [0.29, 0.717) is 5.89 Å². The topological polar surface area (TPSA) is 37.4 Å². The number of hydrogen-bond acceptors (Lipinski definition) is 4. The first-order valence-corrected chi connectivity index (χ1v) is 21.5. The van der Waals surface area contributed by atoms with E-state index in [0.717, 1.165) is 56.7 Å². The zero-order chi connectivity index (χ0) is 41.4. The van der Waals surface area contributed by atoms with Crippen molar-refractivity contribution in [1.82, 2.24) is 9.55 Å². The number of oxazole rings is 1. The Hall–Kier alpha value is -8.35. The van der Waals surface area contributed by atoms with Gasteiger partial charge in [0.15, 0.2) is 0 Å². The van der Waals surface area contributed by atoms with Gasteiger partial charge in [0.2, 0.25) is 11.8 Å². The van der Waals surface area contributed by atoms with Crippen LogP contribution in [-0.2, 0) is 0 Å². The van der Waals surface area contributed by atoms with Crippen molar-refractivity contribution in [2.45, 2.75) is 0 Å². The highest BCUT2D eigenvalue weighted by Crippen LogP contribution is 2.46. The summed E-state index contributed by atoms with van der Waals surface area (Å²) < 4.78 is 9.39. The van der Waals surface area contributed by atoms with Gasteiger partial charge in [-0.2, -0.15) is 0 Å². The van der Waals surface area contributed by atoms with Gasteiger partial charge < -0.3 is 13.9 Å². The predicted octanol–water partition coefficient (Wildman–Crippen LogP) is 12.9. The lowest BCUT2D eigenvalue weighted by Gasteiger charge is -2.41. The van der Waals surface area contributed by atoms with Crippen LogP contribution in [0.4, 0.5) is 34.3 Å². The molecule has 2 aliphatic heterocycles. The molecule has 0 bridgehead atoms. The minimum Gasteiger partial charge on any atom is -0.420 e. The number of aromatic nitrogens is 2. The van der Waals surface area contributed by atoms with Gasteiger partial charge in [0.1, 0.15) is 0 Å². The first kappa shape index (κ1) is 35.4. The molecule has 9 aromatic carbocycles. The van der Waals surface area contributed by atoms with Crippen molar-refractivity contribution >= 4 is 79.4 Å². The SMILES string of the molecule is c1ccc(-c2ccc(N3c4cc(-n5c6ccccc6c6ccccc65)ccc4B4c5nc(-c6ccccc6)oc5N(c5ccc(-c6ccccc6)cc5)c5cccc3c54)cc2)cc1. The van der Waals surface area contributed by atoms with Crippen molar-refractivity contribution in [3.63, 3.8) is 0 Å². The van der Waals surface area contributed by atoms with Crippen LogP contribution in [0.15, 0.2) is 229 Å². The van der Waals surface area contributed by atoms with E-state index in [-0.39, 0.29) is 6.71 Å². The van der Waals surface area contributed by atoms with Crippen LogP contribution in [0.2, 0.25) is 0 Å². The molecular formula is C57H37BN4O. The first-order valence-electron chi connectivity index (χ1n) is 21.5. The smallest absolute Gasteiger partial charge is 0.279 e. The quantitative estimate of drug-likeness (QED) is 0.157. The zero-order valence-electron chi connectivity index (χ0n) is 34.1. The summed E-state index contributed by atoms with van der Waals surface area (Å²) in [6, 6.07) is 80.3. The van der Waals surface area contributed by atoms with Crippen LogP contribution in [0.5, 0.6) is 0 Å². The van der Waals surface area contributed by atoms with Crippen LogP contribution in [0.3, 0.4) is 0 Å². The van der Waals surface area contributed by atoms with Gasteiger partial charge in [0.05, 0.1) is 16.6 Å². The third-order valence-electron chi connectivity index (χ3n) is 12.8. The average molecular weight is 805 g/mol. The molecule has 0 amide bonds. The molecule has 0 saturated heterocycles. The van der Waals surface area contributed by atoms with Gasteiger partial charge in [-0.3, -0.25) is 4.90 Å². The van der Waals surface area contributed by atoms with Gasteiger partial charge >= 0.3 is 0 Å². The zero-order valence-corrected chi connectivity index (χ0v) is 34.1. The lowest BCUT2D eigenvalue weighted by atomic mass is 9.35. The molecule has 0 saturated carbocycles. The fraction of sp³-hybridized carbons (Fsp3) is 0. The van der Waals surface area contributed by atoms with E-state index in [2.05, 4.69) is 221 Å². The highest BCUT2D eigenvalue weighted by molar-refractivity contribution is 6.99. The highest BCUT2D eigenvalue weighted by Gasteiger charge is 2.46. The third-order valence-corrected chi connectivity index (χ3v) is 12.8. The molecule has 2 aliphatic rings. The minimum atomic E-state index is -0.200. The Bertz CT molecular complexity index is 3450. The monoisotopic (exact) mass is 804 g/mol. The molecule has 2 aromatic heterocycles. The van der Waals surface area contributed by atoms with E-state index in [4.69, 9.17) is 9.40 Å². The van der Waals surface area contributed by atoms with Crippen molar-refractivity contribution in [2.24, 2.45) is 0 Å². The fourth-order valence-electron chi connectivity index (χ4n) is 9.99. The lowest BCUT2D eigenvalue weighted by Crippen LogP contribution is -2.61.